The third-order valence-electron chi connectivity index (χ3n) is 7.45. The Labute approximate surface area is 205 Å². The van der Waals surface area contributed by atoms with Crippen LogP contribution in [0.5, 0.6) is 0 Å². The van der Waals surface area contributed by atoms with Crippen molar-refractivity contribution in [2.45, 2.75) is 82.8 Å². The second-order valence-electron chi connectivity index (χ2n) is 10.1. The molecule has 1 aromatic carbocycles. The number of hydrogen-bond acceptors (Lipinski definition) is 6. The fourth-order valence-electron chi connectivity index (χ4n) is 6.01. The van der Waals surface area contributed by atoms with Crippen LogP contribution in [0, 0.1) is 5.92 Å². The smallest absolute Gasteiger partial charge is 0.321 e. The summed E-state index contributed by atoms with van der Waals surface area (Å²) in [6.45, 7) is 14.1. The summed E-state index contributed by atoms with van der Waals surface area (Å²) < 4.78 is 16.6. The number of ether oxygens (including phenoxy) is 2. The maximum Gasteiger partial charge on any atom is 0.321 e. The van der Waals surface area contributed by atoms with Gasteiger partial charge in [0.2, 0.25) is 5.91 Å². The minimum atomic E-state index is -2.00. The number of methoxy groups -OCH3 is 2. The molecular weight excluding hydrogens is 450 g/mol. The van der Waals surface area contributed by atoms with Crippen LogP contribution in [0.1, 0.15) is 66.4 Å². The molecule has 2 rings (SSSR count). The van der Waals surface area contributed by atoms with E-state index in [1.54, 1.807) is 18.2 Å². The molecule has 1 heterocycles. The Hall–Kier alpha value is -2.19. The number of para-hydroxylation sites is 1. The van der Waals surface area contributed by atoms with E-state index in [1.165, 1.54) is 14.2 Å². The number of carbonyl (C=O) groups is 3. The molecule has 1 aliphatic rings. The lowest BCUT2D eigenvalue weighted by Gasteiger charge is -2.42. The predicted octanol–water partition coefficient (Wildman–Crippen LogP) is 5.20. The summed E-state index contributed by atoms with van der Waals surface area (Å²) in [5.41, 5.74) is 1.28. The van der Waals surface area contributed by atoms with Crippen molar-refractivity contribution in [3.63, 3.8) is 0 Å². The zero-order valence-corrected chi connectivity index (χ0v) is 22.9. The number of benzene rings is 1. The highest BCUT2D eigenvalue weighted by atomic mass is 28.4. The molecule has 1 atom stereocenters. The topological polar surface area (TPSA) is 90.9 Å². The average Bonchev–Trinajstić information content (AvgIpc) is 3.07. The number of nitrogens with one attached hydrogen (secondary N) is 1. The Balaban J connectivity index is 2.31. The van der Waals surface area contributed by atoms with E-state index in [-0.39, 0.29) is 5.91 Å². The molecule has 1 aromatic rings. The minimum absolute atomic E-state index is 0.299. The van der Waals surface area contributed by atoms with Gasteiger partial charge in [-0.25, -0.2) is 0 Å². The van der Waals surface area contributed by atoms with Crippen molar-refractivity contribution in [1.29, 1.82) is 0 Å². The fourth-order valence-corrected chi connectivity index (χ4v) is 11.5. The van der Waals surface area contributed by atoms with Crippen molar-refractivity contribution >= 4 is 31.9 Å². The van der Waals surface area contributed by atoms with Gasteiger partial charge in [0.25, 0.3) is 0 Å². The average molecular weight is 492 g/mol. The van der Waals surface area contributed by atoms with Crippen LogP contribution < -0.4 is 5.32 Å². The van der Waals surface area contributed by atoms with E-state index in [4.69, 9.17) is 13.9 Å². The summed E-state index contributed by atoms with van der Waals surface area (Å²) >= 11 is 0. The van der Waals surface area contributed by atoms with Crippen LogP contribution in [-0.2, 0) is 33.7 Å². The lowest BCUT2D eigenvalue weighted by Crippen LogP contribution is -2.50. The van der Waals surface area contributed by atoms with Crippen molar-refractivity contribution in [2.75, 3.05) is 26.1 Å². The SMILES string of the molecule is COC(=O)C(C(=O)OC)[C@@]1(CCCCO[Si](C(C)C)(C(C)C)C(C)C)C(=O)Nc2ccccc21. The van der Waals surface area contributed by atoms with Crippen LogP contribution in [0.15, 0.2) is 24.3 Å². The van der Waals surface area contributed by atoms with E-state index in [0.29, 0.717) is 53.7 Å². The first-order chi connectivity index (χ1) is 16.0. The molecule has 0 aromatic heterocycles. The highest BCUT2D eigenvalue weighted by Gasteiger charge is 2.58. The van der Waals surface area contributed by atoms with Crippen molar-refractivity contribution in [2.24, 2.45) is 5.92 Å². The van der Waals surface area contributed by atoms with E-state index >= 15 is 0 Å². The summed E-state index contributed by atoms with van der Waals surface area (Å²) in [4.78, 5) is 38.9. The lowest BCUT2D eigenvalue weighted by molar-refractivity contribution is -0.165. The molecule has 8 heteroatoms. The van der Waals surface area contributed by atoms with Crippen molar-refractivity contribution < 1.29 is 28.3 Å². The monoisotopic (exact) mass is 491 g/mol. The standard InChI is InChI=1S/C26H41NO6Si/c1-17(2)34(18(3)4,19(5)6)33-16-12-11-15-26(22(23(28)31-7)24(29)32-8)20-13-9-10-14-21(20)27-25(26)30/h9-10,13-14,17-19,22H,11-12,15-16H2,1-8H3,(H,27,30)/t26-/m0/s1. The number of rotatable bonds is 12. The van der Waals surface area contributed by atoms with Gasteiger partial charge in [-0.2, -0.15) is 0 Å². The van der Waals surface area contributed by atoms with Crippen molar-refractivity contribution in [3.8, 4) is 0 Å². The Morgan fingerprint density at radius 1 is 0.912 bits per heavy atom. The molecule has 1 amide bonds. The van der Waals surface area contributed by atoms with Gasteiger partial charge in [-0.05, 0) is 47.5 Å². The first kappa shape index (κ1) is 28.0. The number of fused-ring (bicyclic) bond motifs is 1. The first-order valence-electron chi connectivity index (χ1n) is 12.2. The van der Waals surface area contributed by atoms with Gasteiger partial charge in [0, 0.05) is 12.3 Å². The third kappa shape index (κ3) is 4.93. The van der Waals surface area contributed by atoms with Crippen molar-refractivity contribution in [1.82, 2.24) is 0 Å². The molecular formula is C26H41NO6Si. The zero-order valence-electron chi connectivity index (χ0n) is 21.9. The fraction of sp³-hybridized carbons (Fsp3) is 0.654. The number of unbranched alkanes of at least 4 members (excludes halogenated alkanes) is 1. The van der Waals surface area contributed by atoms with Gasteiger partial charge in [0.15, 0.2) is 14.2 Å². The van der Waals surface area contributed by atoms with Crippen LogP contribution in [0.25, 0.3) is 0 Å². The Bertz CT molecular complexity index is 846. The van der Waals surface area contributed by atoms with E-state index in [9.17, 15) is 14.4 Å². The molecule has 190 valence electrons. The molecule has 1 N–H and O–H groups in total. The number of anilines is 1. The van der Waals surface area contributed by atoms with Gasteiger partial charge < -0.3 is 19.2 Å². The molecule has 0 saturated heterocycles. The summed E-state index contributed by atoms with van der Waals surface area (Å²) in [5, 5.41) is 2.86. The van der Waals surface area contributed by atoms with Crippen LogP contribution in [0.4, 0.5) is 5.69 Å². The summed E-state index contributed by atoms with van der Waals surface area (Å²) in [7, 11) is 0.434. The Morgan fingerprint density at radius 3 is 1.94 bits per heavy atom. The maximum atomic E-state index is 13.4. The van der Waals surface area contributed by atoms with Gasteiger partial charge in [0.05, 0.1) is 14.2 Å². The van der Waals surface area contributed by atoms with Gasteiger partial charge >= 0.3 is 11.9 Å². The highest BCUT2D eigenvalue weighted by Crippen LogP contribution is 2.48. The normalized spacial score (nSPS) is 17.9. The zero-order chi connectivity index (χ0) is 25.7. The quantitative estimate of drug-likeness (QED) is 0.187. The van der Waals surface area contributed by atoms with Crippen LogP contribution in [0.2, 0.25) is 16.6 Å². The van der Waals surface area contributed by atoms with Crippen LogP contribution in [0.3, 0.4) is 0 Å². The molecule has 0 spiro atoms. The lowest BCUT2D eigenvalue weighted by atomic mass is 9.67. The molecule has 0 radical (unpaired) electrons. The van der Waals surface area contributed by atoms with E-state index in [0.717, 1.165) is 0 Å². The summed E-state index contributed by atoms with van der Waals surface area (Å²) in [5.74, 6) is -3.32. The van der Waals surface area contributed by atoms with Crippen LogP contribution in [-0.4, -0.2) is 47.0 Å². The van der Waals surface area contributed by atoms with Gasteiger partial charge in [-0.3, -0.25) is 14.4 Å². The third-order valence-corrected chi connectivity index (χ3v) is 13.6. The second kappa shape index (κ2) is 11.5. The minimum Gasteiger partial charge on any atom is -0.468 e. The summed E-state index contributed by atoms with van der Waals surface area (Å²) in [6.07, 6.45) is 1.62. The Kier molecular flexibility index (Phi) is 9.48. The molecule has 0 saturated carbocycles. The van der Waals surface area contributed by atoms with Gasteiger partial charge in [-0.1, -0.05) is 59.7 Å². The predicted molar refractivity (Wildman–Crippen MR) is 135 cm³/mol. The Morgan fingerprint density at radius 2 is 1.44 bits per heavy atom. The number of carbonyl (C=O) groups excluding carboxylic acids is 3. The highest BCUT2D eigenvalue weighted by molar-refractivity contribution is 6.77. The number of hydrogen-bond donors (Lipinski definition) is 1. The van der Waals surface area contributed by atoms with E-state index in [2.05, 4.69) is 46.9 Å². The largest absolute Gasteiger partial charge is 0.468 e. The number of amides is 1. The molecule has 0 bridgehead atoms. The first-order valence-corrected chi connectivity index (χ1v) is 14.3. The molecule has 1 aliphatic heterocycles. The molecule has 34 heavy (non-hydrogen) atoms. The van der Waals surface area contributed by atoms with Gasteiger partial charge in [0.1, 0.15) is 5.41 Å². The molecule has 0 fully saturated rings. The second-order valence-corrected chi connectivity index (χ2v) is 15.5. The van der Waals surface area contributed by atoms with Gasteiger partial charge in [-0.15, -0.1) is 0 Å². The van der Waals surface area contributed by atoms with Crippen molar-refractivity contribution in [3.05, 3.63) is 29.8 Å². The molecule has 0 aliphatic carbocycles. The summed E-state index contributed by atoms with van der Waals surface area (Å²) in [6, 6.07) is 7.17. The van der Waals surface area contributed by atoms with Crippen LogP contribution >= 0.6 is 0 Å². The van der Waals surface area contributed by atoms with E-state index in [1.807, 2.05) is 6.07 Å². The number of esters is 2. The van der Waals surface area contributed by atoms with E-state index < -0.39 is 31.6 Å². The maximum absolute atomic E-state index is 13.4. The molecule has 7 nitrogen and oxygen atoms in total. The molecule has 0 unspecified atom stereocenters.